The van der Waals surface area contributed by atoms with E-state index in [2.05, 4.69) is 13.8 Å². The van der Waals surface area contributed by atoms with Gasteiger partial charge >= 0.3 is 11.9 Å². The molecule has 0 amide bonds. The molecule has 0 spiro atoms. The highest BCUT2D eigenvalue weighted by Gasteiger charge is 2.56. The average molecular weight is 405 g/mol. The van der Waals surface area contributed by atoms with E-state index in [1.54, 1.807) is 0 Å². The minimum Gasteiger partial charge on any atom is -0.462 e. The Morgan fingerprint density at radius 3 is 2.57 bits per heavy atom. The Labute approximate surface area is 171 Å². The molecule has 2 fully saturated rings. The molecule has 0 heterocycles. The zero-order valence-electron chi connectivity index (χ0n) is 17.1. The molecule has 152 valence electrons. The van der Waals surface area contributed by atoms with Gasteiger partial charge in [-0.1, -0.05) is 18.5 Å². The van der Waals surface area contributed by atoms with Crippen molar-refractivity contribution in [1.29, 1.82) is 0 Å². The monoisotopic (exact) mass is 404 g/mol. The molecule has 1 aromatic rings. The van der Waals surface area contributed by atoms with Gasteiger partial charge in [-0.15, -0.1) is 0 Å². The summed E-state index contributed by atoms with van der Waals surface area (Å²) in [5.74, 6) is 1.60. The number of esters is 2. The Kier molecular flexibility index (Phi) is 4.97. The van der Waals surface area contributed by atoms with E-state index in [-0.39, 0.29) is 23.5 Å². The molecule has 3 aliphatic carbocycles. The first kappa shape index (κ1) is 19.8. The summed E-state index contributed by atoms with van der Waals surface area (Å²) in [6.45, 7) is 7.33. The van der Waals surface area contributed by atoms with Gasteiger partial charge in [-0.2, -0.15) is 0 Å². The second-order valence-corrected chi connectivity index (χ2v) is 9.51. The third-order valence-electron chi connectivity index (χ3n) is 7.67. The van der Waals surface area contributed by atoms with Crippen LogP contribution in [0.5, 0.6) is 5.75 Å². The molecule has 1 aromatic carbocycles. The fourth-order valence-corrected chi connectivity index (χ4v) is 6.68. The van der Waals surface area contributed by atoms with Crippen molar-refractivity contribution in [3.05, 3.63) is 27.8 Å². The van der Waals surface area contributed by atoms with Crippen molar-refractivity contribution in [1.82, 2.24) is 0 Å². The first-order chi connectivity index (χ1) is 13.2. The summed E-state index contributed by atoms with van der Waals surface area (Å²) in [5.41, 5.74) is 3.63. The molecular formula is C23H29ClO4. The molecule has 3 aliphatic rings. The molecule has 4 rings (SSSR count). The predicted octanol–water partition coefficient (Wildman–Crippen LogP) is 5.36. The Balaban J connectivity index is 1.72. The Morgan fingerprint density at radius 2 is 1.89 bits per heavy atom. The van der Waals surface area contributed by atoms with Gasteiger partial charge in [0.1, 0.15) is 11.9 Å². The number of ether oxygens (including phenoxy) is 2. The summed E-state index contributed by atoms with van der Waals surface area (Å²) in [6, 6.07) is 1.82. The fraction of sp³-hybridized carbons (Fsp3) is 0.652. The van der Waals surface area contributed by atoms with E-state index in [0.717, 1.165) is 44.1 Å². The minimum absolute atomic E-state index is 0.0252. The average Bonchev–Trinajstić information content (AvgIpc) is 2.94. The zero-order valence-corrected chi connectivity index (χ0v) is 17.9. The largest absolute Gasteiger partial charge is 0.462 e. The first-order valence-corrected chi connectivity index (χ1v) is 10.8. The summed E-state index contributed by atoms with van der Waals surface area (Å²) in [4.78, 5) is 23.3. The number of rotatable bonds is 2. The molecule has 2 saturated carbocycles. The van der Waals surface area contributed by atoms with Gasteiger partial charge in [-0.05, 0) is 74.3 Å². The van der Waals surface area contributed by atoms with Crippen LogP contribution in [0.2, 0.25) is 5.02 Å². The Hall–Kier alpha value is -1.55. The number of halogens is 1. The lowest BCUT2D eigenvalue weighted by Gasteiger charge is -2.50. The number of hydrogen-bond donors (Lipinski definition) is 0. The molecule has 0 radical (unpaired) electrons. The third kappa shape index (κ3) is 3.04. The highest BCUT2D eigenvalue weighted by atomic mass is 35.5. The topological polar surface area (TPSA) is 52.6 Å². The predicted molar refractivity (Wildman–Crippen MR) is 108 cm³/mol. The lowest BCUT2D eigenvalue weighted by molar-refractivity contribution is -0.154. The van der Waals surface area contributed by atoms with E-state index >= 15 is 0 Å². The highest BCUT2D eigenvalue weighted by Crippen LogP contribution is 2.62. The van der Waals surface area contributed by atoms with Gasteiger partial charge in [-0.3, -0.25) is 9.59 Å². The maximum Gasteiger partial charge on any atom is 0.308 e. The van der Waals surface area contributed by atoms with E-state index < -0.39 is 0 Å². The van der Waals surface area contributed by atoms with Crippen LogP contribution in [-0.4, -0.2) is 18.0 Å². The SMILES string of the molecule is CC(=O)Oc1cc(Cl)c(C)c2c1C1CCC3(C)C(OC(C)=O)CCC3C1CC2. The van der Waals surface area contributed by atoms with Crippen molar-refractivity contribution in [2.45, 2.75) is 78.2 Å². The molecule has 5 unspecified atom stereocenters. The maximum absolute atomic E-state index is 11.7. The Morgan fingerprint density at radius 1 is 1.14 bits per heavy atom. The van der Waals surface area contributed by atoms with Crippen LogP contribution in [0.25, 0.3) is 0 Å². The number of hydrogen-bond acceptors (Lipinski definition) is 4. The van der Waals surface area contributed by atoms with Crippen LogP contribution >= 0.6 is 11.6 Å². The number of benzene rings is 1. The van der Waals surface area contributed by atoms with Crippen LogP contribution in [-0.2, 0) is 20.7 Å². The summed E-state index contributed by atoms with van der Waals surface area (Å²) in [6.07, 6.45) is 6.20. The third-order valence-corrected chi connectivity index (χ3v) is 8.06. The summed E-state index contributed by atoms with van der Waals surface area (Å²) < 4.78 is 11.3. The first-order valence-electron chi connectivity index (χ1n) is 10.4. The van der Waals surface area contributed by atoms with Gasteiger partial charge in [0, 0.05) is 35.9 Å². The molecule has 5 atom stereocenters. The van der Waals surface area contributed by atoms with Crippen molar-refractivity contribution in [3.63, 3.8) is 0 Å². The van der Waals surface area contributed by atoms with Gasteiger partial charge in [0.05, 0.1) is 0 Å². The number of carbonyl (C=O) groups is 2. The van der Waals surface area contributed by atoms with Crippen molar-refractivity contribution in [2.24, 2.45) is 17.3 Å². The lowest BCUT2D eigenvalue weighted by Crippen LogP contribution is -2.45. The normalized spacial score (nSPS) is 33.5. The van der Waals surface area contributed by atoms with E-state index in [1.807, 2.05) is 6.07 Å². The molecule has 0 N–H and O–H groups in total. The van der Waals surface area contributed by atoms with E-state index in [1.165, 1.54) is 25.0 Å². The van der Waals surface area contributed by atoms with Crippen molar-refractivity contribution >= 4 is 23.5 Å². The zero-order chi connectivity index (χ0) is 20.2. The molecule has 0 saturated heterocycles. The molecule has 0 aliphatic heterocycles. The van der Waals surface area contributed by atoms with Crippen molar-refractivity contribution in [2.75, 3.05) is 0 Å². The lowest BCUT2D eigenvalue weighted by atomic mass is 9.55. The summed E-state index contributed by atoms with van der Waals surface area (Å²) >= 11 is 6.45. The van der Waals surface area contributed by atoms with E-state index in [9.17, 15) is 9.59 Å². The van der Waals surface area contributed by atoms with Gasteiger partial charge in [0.2, 0.25) is 0 Å². The number of fused-ring (bicyclic) bond motifs is 5. The van der Waals surface area contributed by atoms with Gasteiger partial charge in [0.25, 0.3) is 0 Å². The molecule has 4 nitrogen and oxygen atoms in total. The molecule has 0 aromatic heterocycles. The van der Waals surface area contributed by atoms with Crippen LogP contribution in [0, 0.1) is 24.2 Å². The Bertz CT molecular complexity index is 832. The van der Waals surface area contributed by atoms with Crippen LogP contribution in [0.3, 0.4) is 0 Å². The smallest absolute Gasteiger partial charge is 0.308 e. The molecule has 5 heteroatoms. The summed E-state index contributed by atoms with van der Waals surface area (Å²) in [7, 11) is 0. The van der Waals surface area contributed by atoms with Crippen LogP contribution < -0.4 is 4.74 Å². The van der Waals surface area contributed by atoms with Gasteiger partial charge in [0.15, 0.2) is 0 Å². The second kappa shape index (κ2) is 7.05. The minimum atomic E-state index is -0.305. The standard InChI is InChI=1S/C23H29ClO4/c1-12-15-5-6-16-17(22(15)20(11-19(12)24)27-13(2)25)9-10-23(4)18(16)7-8-21(23)28-14(3)26/h11,16-18,21H,5-10H2,1-4H3. The van der Waals surface area contributed by atoms with E-state index in [4.69, 9.17) is 21.1 Å². The summed E-state index contributed by atoms with van der Waals surface area (Å²) in [5, 5.41) is 0.671. The maximum atomic E-state index is 11.7. The van der Waals surface area contributed by atoms with Gasteiger partial charge < -0.3 is 9.47 Å². The molecular weight excluding hydrogens is 376 g/mol. The van der Waals surface area contributed by atoms with Gasteiger partial charge in [-0.25, -0.2) is 0 Å². The van der Waals surface area contributed by atoms with Crippen molar-refractivity contribution < 1.29 is 19.1 Å². The fourth-order valence-electron chi connectivity index (χ4n) is 6.47. The van der Waals surface area contributed by atoms with Crippen LogP contribution in [0.4, 0.5) is 0 Å². The van der Waals surface area contributed by atoms with Crippen LogP contribution in [0.15, 0.2) is 6.07 Å². The second-order valence-electron chi connectivity index (χ2n) is 9.10. The quantitative estimate of drug-likeness (QED) is 0.491. The molecule has 0 bridgehead atoms. The highest BCUT2D eigenvalue weighted by molar-refractivity contribution is 6.31. The van der Waals surface area contributed by atoms with Crippen molar-refractivity contribution in [3.8, 4) is 5.75 Å². The van der Waals surface area contributed by atoms with Crippen LogP contribution in [0.1, 0.15) is 75.5 Å². The van der Waals surface area contributed by atoms with E-state index in [0.29, 0.717) is 28.5 Å². The number of carbonyl (C=O) groups excluding carboxylic acids is 2. The molecule has 28 heavy (non-hydrogen) atoms.